The maximum atomic E-state index is 13.5. The number of fused-ring (bicyclic) bond motifs is 1. The Labute approximate surface area is 191 Å². The molecule has 2 aromatic rings. The molecule has 1 aromatic heterocycles. The molecule has 1 aliphatic carbocycles. The second kappa shape index (κ2) is 11.6. The minimum absolute atomic E-state index is 0.0266. The van der Waals surface area contributed by atoms with Crippen molar-refractivity contribution in [1.29, 1.82) is 0 Å². The van der Waals surface area contributed by atoms with Crippen molar-refractivity contribution in [2.24, 2.45) is 5.92 Å². The van der Waals surface area contributed by atoms with E-state index in [-0.39, 0.29) is 23.9 Å². The molecule has 1 saturated carbocycles. The fourth-order valence-electron chi connectivity index (χ4n) is 4.82. The Morgan fingerprint density at radius 3 is 2.66 bits per heavy atom. The third-order valence-corrected chi connectivity index (χ3v) is 6.47. The monoisotopic (exact) mass is 441 g/mol. The molecule has 6 nitrogen and oxygen atoms in total. The number of nitrogens with one attached hydrogen (secondary N) is 1. The number of ether oxygens (including phenoxy) is 1. The van der Waals surface area contributed by atoms with Crippen LogP contribution in [0.2, 0.25) is 0 Å². The van der Waals surface area contributed by atoms with Gasteiger partial charge in [0.25, 0.3) is 5.56 Å². The van der Waals surface area contributed by atoms with Gasteiger partial charge in [-0.15, -0.1) is 0 Å². The number of para-hydroxylation sites is 2. The first-order valence-corrected chi connectivity index (χ1v) is 12.3. The summed E-state index contributed by atoms with van der Waals surface area (Å²) in [6.07, 6.45) is 8.74. The van der Waals surface area contributed by atoms with Crippen molar-refractivity contribution in [2.45, 2.75) is 97.2 Å². The van der Waals surface area contributed by atoms with Gasteiger partial charge in [0.2, 0.25) is 5.69 Å². The fourth-order valence-corrected chi connectivity index (χ4v) is 4.82. The zero-order valence-corrected chi connectivity index (χ0v) is 20.1. The Bertz CT molecular complexity index is 953. The molecular weight excluding hydrogens is 402 g/mol. The Morgan fingerprint density at radius 2 is 1.91 bits per heavy atom. The standard InChI is InChI=1S/C26H39N3O3/c1-5-32-26(31)24-25(30)29(23-14-10-9-13-22(23)28-24)21-12-8-6-7-11-20(17-21)27-19(4)16-15-18(2)3/h9-10,13-14,18-21,27H,5-8,11-12,15-17H2,1-4H3/t19?,20-,21-/m0/s1. The number of nitrogens with zero attached hydrogens (tertiary/aromatic N) is 2. The molecule has 1 aliphatic rings. The van der Waals surface area contributed by atoms with Crippen LogP contribution in [0.25, 0.3) is 11.0 Å². The van der Waals surface area contributed by atoms with Crippen LogP contribution in [0, 0.1) is 5.92 Å². The number of carbonyl (C=O) groups is 1. The summed E-state index contributed by atoms with van der Waals surface area (Å²) in [4.78, 5) is 30.4. The zero-order chi connectivity index (χ0) is 23.1. The van der Waals surface area contributed by atoms with Crippen molar-refractivity contribution in [3.05, 3.63) is 40.3 Å². The lowest BCUT2D eigenvalue weighted by Crippen LogP contribution is -2.41. The molecule has 3 rings (SSSR count). The molecule has 1 unspecified atom stereocenters. The Balaban J connectivity index is 1.94. The number of rotatable bonds is 8. The van der Waals surface area contributed by atoms with E-state index in [9.17, 15) is 9.59 Å². The van der Waals surface area contributed by atoms with Crippen LogP contribution < -0.4 is 10.9 Å². The molecule has 3 atom stereocenters. The topological polar surface area (TPSA) is 73.2 Å². The molecule has 176 valence electrons. The lowest BCUT2D eigenvalue weighted by atomic mass is 9.91. The van der Waals surface area contributed by atoms with Crippen LogP contribution >= 0.6 is 0 Å². The number of hydrogen-bond donors (Lipinski definition) is 1. The number of benzene rings is 1. The van der Waals surface area contributed by atoms with Gasteiger partial charge in [-0.1, -0.05) is 45.2 Å². The van der Waals surface area contributed by atoms with E-state index >= 15 is 0 Å². The molecule has 6 heteroatoms. The maximum absolute atomic E-state index is 13.5. The molecule has 0 bridgehead atoms. The molecule has 0 amide bonds. The Morgan fingerprint density at radius 1 is 1.16 bits per heavy atom. The van der Waals surface area contributed by atoms with Crippen LogP contribution in [0.3, 0.4) is 0 Å². The van der Waals surface area contributed by atoms with Crippen LogP contribution in [0.5, 0.6) is 0 Å². The molecule has 0 saturated heterocycles. The summed E-state index contributed by atoms with van der Waals surface area (Å²) in [6.45, 7) is 8.75. The van der Waals surface area contributed by atoms with E-state index in [1.54, 1.807) is 6.92 Å². The van der Waals surface area contributed by atoms with E-state index in [4.69, 9.17) is 4.74 Å². The van der Waals surface area contributed by atoms with Crippen molar-refractivity contribution in [3.8, 4) is 0 Å². The molecule has 1 N–H and O–H groups in total. The summed E-state index contributed by atoms with van der Waals surface area (Å²) < 4.78 is 6.96. The van der Waals surface area contributed by atoms with Crippen LogP contribution in [-0.2, 0) is 4.74 Å². The lowest BCUT2D eigenvalue weighted by molar-refractivity contribution is 0.0516. The summed E-state index contributed by atoms with van der Waals surface area (Å²) in [5.41, 5.74) is 1.01. The van der Waals surface area contributed by atoms with Crippen molar-refractivity contribution in [1.82, 2.24) is 14.9 Å². The molecule has 0 spiro atoms. The summed E-state index contributed by atoms with van der Waals surface area (Å²) >= 11 is 0. The minimum atomic E-state index is -0.639. The summed E-state index contributed by atoms with van der Waals surface area (Å²) in [7, 11) is 0. The van der Waals surface area contributed by atoms with Crippen LogP contribution in [0.1, 0.15) is 95.6 Å². The third kappa shape index (κ3) is 6.18. The van der Waals surface area contributed by atoms with Crippen molar-refractivity contribution >= 4 is 17.0 Å². The van der Waals surface area contributed by atoms with Crippen molar-refractivity contribution in [2.75, 3.05) is 6.61 Å². The molecule has 0 aliphatic heterocycles. The Hall–Kier alpha value is -2.21. The number of esters is 1. The van der Waals surface area contributed by atoms with Gasteiger partial charge < -0.3 is 14.6 Å². The minimum Gasteiger partial charge on any atom is -0.461 e. The van der Waals surface area contributed by atoms with Crippen molar-refractivity contribution < 1.29 is 9.53 Å². The van der Waals surface area contributed by atoms with E-state index in [2.05, 4.69) is 31.1 Å². The van der Waals surface area contributed by atoms with Crippen LogP contribution in [0.4, 0.5) is 0 Å². The highest BCUT2D eigenvalue weighted by Gasteiger charge is 2.26. The summed E-state index contributed by atoms with van der Waals surface area (Å²) in [6, 6.07) is 8.44. The second-order valence-corrected chi connectivity index (χ2v) is 9.61. The molecule has 32 heavy (non-hydrogen) atoms. The maximum Gasteiger partial charge on any atom is 0.362 e. The average molecular weight is 442 g/mol. The average Bonchev–Trinajstić information content (AvgIpc) is 2.74. The van der Waals surface area contributed by atoms with Gasteiger partial charge in [-0.3, -0.25) is 4.79 Å². The van der Waals surface area contributed by atoms with Crippen LogP contribution in [-0.4, -0.2) is 34.2 Å². The second-order valence-electron chi connectivity index (χ2n) is 9.61. The number of aromatic nitrogens is 2. The normalized spacial score (nSPS) is 20.7. The molecule has 1 aromatic carbocycles. The van der Waals surface area contributed by atoms with Crippen molar-refractivity contribution in [3.63, 3.8) is 0 Å². The van der Waals surface area contributed by atoms with Crippen LogP contribution in [0.15, 0.2) is 29.1 Å². The van der Waals surface area contributed by atoms with Gasteiger partial charge in [-0.05, 0) is 64.0 Å². The van der Waals surface area contributed by atoms with Gasteiger partial charge in [0.05, 0.1) is 17.6 Å². The number of hydrogen-bond acceptors (Lipinski definition) is 5. The zero-order valence-electron chi connectivity index (χ0n) is 20.1. The molecule has 1 fully saturated rings. The van der Waals surface area contributed by atoms with Gasteiger partial charge >= 0.3 is 5.97 Å². The van der Waals surface area contributed by atoms with E-state index in [1.165, 1.54) is 12.8 Å². The smallest absolute Gasteiger partial charge is 0.362 e. The SMILES string of the molecule is CCOC(=O)c1nc2ccccc2n([C@H]2CCCCC[C@H](NC(C)CCC(C)C)C2)c1=O. The predicted molar refractivity (Wildman–Crippen MR) is 129 cm³/mol. The predicted octanol–water partition coefficient (Wildman–Crippen LogP) is 5.25. The third-order valence-electron chi connectivity index (χ3n) is 6.47. The van der Waals surface area contributed by atoms with E-state index < -0.39 is 5.97 Å². The highest BCUT2D eigenvalue weighted by molar-refractivity contribution is 5.89. The van der Waals surface area contributed by atoms with Gasteiger partial charge in [0.15, 0.2) is 0 Å². The van der Waals surface area contributed by atoms with Gasteiger partial charge in [0.1, 0.15) is 0 Å². The van der Waals surface area contributed by atoms with E-state index in [0.29, 0.717) is 23.5 Å². The van der Waals surface area contributed by atoms with E-state index in [0.717, 1.165) is 44.0 Å². The number of carbonyl (C=O) groups excluding carboxylic acids is 1. The van der Waals surface area contributed by atoms with Gasteiger partial charge in [-0.25, -0.2) is 9.78 Å². The highest BCUT2D eigenvalue weighted by atomic mass is 16.5. The summed E-state index contributed by atoms with van der Waals surface area (Å²) in [5.74, 6) is 0.0622. The first-order chi connectivity index (χ1) is 15.4. The summed E-state index contributed by atoms with van der Waals surface area (Å²) in [5, 5.41) is 3.84. The molecule has 1 heterocycles. The largest absolute Gasteiger partial charge is 0.461 e. The molecular formula is C26H39N3O3. The fraction of sp³-hybridized carbons (Fsp3) is 0.654. The highest BCUT2D eigenvalue weighted by Crippen LogP contribution is 2.29. The molecule has 0 radical (unpaired) electrons. The lowest BCUT2D eigenvalue weighted by Gasteiger charge is -2.31. The first-order valence-electron chi connectivity index (χ1n) is 12.3. The first kappa shape index (κ1) is 24.4. The van der Waals surface area contributed by atoms with E-state index in [1.807, 2.05) is 28.8 Å². The van der Waals surface area contributed by atoms with Gasteiger partial charge in [-0.2, -0.15) is 0 Å². The Kier molecular flexibility index (Phi) is 8.85. The quantitative estimate of drug-likeness (QED) is 0.566. The van der Waals surface area contributed by atoms with Gasteiger partial charge in [0, 0.05) is 18.1 Å².